The van der Waals surface area contributed by atoms with Crippen LogP contribution in [0.25, 0.3) is 0 Å². The molecule has 1 aliphatic rings. The van der Waals surface area contributed by atoms with Gasteiger partial charge in [-0.15, -0.1) is 0 Å². The maximum atomic E-state index is 13.9. The van der Waals surface area contributed by atoms with Gasteiger partial charge in [0, 0.05) is 12.2 Å². The third kappa shape index (κ3) is 3.50. The molecule has 110 valence electrons. The minimum Gasteiger partial charge on any atom is -0.399 e. The van der Waals surface area contributed by atoms with Gasteiger partial charge in [-0.2, -0.15) is 0 Å². The number of nitrogens with one attached hydrogen (secondary N) is 1. The van der Waals surface area contributed by atoms with Gasteiger partial charge in [0.15, 0.2) is 0 Å². The Morgan fingerprint density at radius 1 is 1.45 bits per heavy atom. The molecule has 3 N–H and O–H groups in total. The molecule has 0 aliphatic heterocycles. The maximum absolute atomic E-state index is 13.9. The predicted molar refractivity (Wildman–Crippen MR) is 79.0 cm³/mol. The van der Waals surface area contributed by atoms with E-state index in [2.05, 4.69) is 12.2 Å². The van der Waals surface area contributed by atoms with Crippen molar-refractivity contribution in [3.8, 4) is 0 Å². The highest BCUT2D eigenvalue weighted by molar-refractivity contribution is 5.95. The molecule has 1 aliphatic carbocycles. The van der Waals surface area contributed by atoms with E-state index in [-0.39, 0.29) is 11.5 Å². The van der Waals surface area contributed by atoms with Crippen LogP contribution in [0.5, 0.6) is 0 Å². The van der Waals surface area contributed by atoms with Gasteiger partial charge in [-0.3, -0.25) is 4.79 Å². The highest BCUT2D eigenvalue weighted by Gasteiger charge is 2.20. The van der Waals surface area contributed by atoms with Crippen molar-refractivity contribution >= 4 is 11.6 Å². The van der Waals surface area contributed by atoms with E-state index in [4.69, 9.17) is 5.73 Å². The number of hydrogen-bond donors (Lipinski definition) is 2. The van der Waals surface area contributed by atoms with Crippen molar-refractivity contribution in [1.82, 2.24) is 5.32 Å². The topological polar surface area (TPSA) is 55.1 Å². The summed E-state index contributed by atoms with van der Waals surface area (Å²) in [6.45, 7) is 4.48. The Balaban J connectivity index is 1.98. The Labute approximate surface area is 119 Å². The molecule has 0 bridgehead atoms. The number of carbonyl (C=O) groups excluding carboxylic acids is 1. The van der Waals surface area contributed by atoms with E-state index in [0.29, 0.717) is 23.7 Å². The predicted octanol–water partition coefficient (Wildman–Crippen LogP) is 3.27. The van der Waals surface area contributed by atoms with E-state index < -0.39 is 5.82 Å². The zero-order valence-electron chi connectivity index (χ0n) is 12.2. The van der Waals surface area contributed by atoms with Crippen LogP contribution < -0.4 is 11.1 Å². The SMILES string of the molecule is Cc1cc(N)cc(C(=O)NCC2CCCC(C)C2)c1F. The van der Waals surface area contributed by atoms with Gasteiger partial charge in [0.25, 0.3) is 5.91 Å². The minimum atomic E-state index is -0.478. The fourth-order valence-electron chi connectivity index (χ4n) is 3.04. The Hall–Kier alpha value is -1.58. The number of rotatable bonds is 3. The molecule has 1 fully saturated rings. The molecule has 1 saturated carbocycles. The van der Waals surface area contributed by atoms with Gasteiger partial charge in [-0.25, -0.2) is 4.39 Å². The normalized spacial score (nSPS) is 22.6. The summed E-state index contributed by atoms with van der Waals surface area (Å²) >= 11 is 0. The van der Waals surface area contributed by atoms with E-state index >= 15 is 0 Å². The van der Waals surface area contributed by atoms with E-state index in [9.17, 15) is 9.18 Å². The smallest absolute Gasteiger partial charge is 0.254 e. The van der Waals surface area contributed by atoms with E-state index in [1.165, 1.54) is 25.0 Å². The molecule has 0 spiro atoms. The quantitative estimate of drug-likeness (QED) is 0.834. The molecule has 0 heterocycles. The summed E-state index contributed by atoms with van der Waals surface area (Å²) in [7, 11) is 0. The molecule has 1 aromatic carbocycles. The standard InChI is InChI=1S/C16H23FN2O/c1-10-4-3-5-12(6-10)9-19-16(20)14-8-13(18)7-11(2)15(14)17/h7-8,10,12H,3-6,9,18H2,1-2H3,(H,19,20). The number of halogens is 1. The number of nitrogens with two attached hydrogens (primary N) is 1. The van der Waals surface area contributed by atoms with Crippen molar-refractivity contribution in [2.24, 2.45) is 11.8 Å². The van der Waals surface area contributed by atoms with Crippen molar-refractivity contribution < 1.29 is 9.18 Å². The lowest BCUT2D eigenvalue weighted by molar-refractivity contribution is 0.0936. The molecular weight excluding hydrogens is 255 g/mol. The van der Waals surface area contributed by atoms with E-state index in [1.54, 1.807) is 6.92 Å². The Morgan fingerprint density at radius 3 is 2.90 bits per heavy atom. The number of aryl methyl sites for hydroxylation is 1. The van der Waals surface area contributed by atoms with Crippen LogP contribution in [0.4, 0.5) is 10.1 Å². The van der Waals surface area contributed by atoms with Gasteiger partial charge in [-0.1, -0.05) is 19.8 Å². The first-order chi connectivity index (χ1) is 9.47. The lowest BCUT2D eigenvalue weighted by atomic mass is 9.82. The molecule has 0 aromatic heterocycles. The first-order valence-corrected chi connectivity index (χ1v) is 7.31. The van der Waals surface area contributed by atoms with E-state index in [1.807, 2.05) is 0 Å². The van der Waals surface area contributed by atoms with Crippen molar-refractivity contribution in [2.75, 3.05) is 12.3 Å². The van der Waals surface area contributed by atoms with Crippen LogP contribution in [0.2, 0.25) is 0 Å². The number of carbonyl (C=O) groups is 1. The third-order valence-corrected chi connectivity index (χ3v) is 4.12. The van der Waals surface area contributed by atoms with Gasteiger partial charge >= 0.3 is 0 Å². The fraction of sp³-hybridized carbons (Fsp3) is 0.562. The summed E-state index contributed by atoms with van der Waals surface area (Å²) < 4.78 is 13.9. The van der Waals surface area contributed by atoms with Gasteiger partial charge < -0.3 is 11.1 Å². The maximum Gasteiger partial charge on any atom is 0.254 e. The van der Waals surface area contributed by atoms with Crippen molar-refractivity contribution in [3.05, 3.63) is 29.1 Å². The second kappa shape index (κ2) is 6.25. The fourth-order valence-corrected chi connectivity index (χ4v) is 3.04. The summed E-state index contributed by atoms with van der Waals surface area (Å²) in [6, 6.07) is 2.94. The lowest BCUT2D eigenvalue weighted by Gasteiger charge is -2.26. The molecule has 0 radical (unpaired) electrons. The van der Waals surface area contributed by atoms with Crippen LogP contribution in [-0.2, 0) is 0 Å². The Bertz CT molecular complexity index is 501. The Kier molecular flexibility index (Phi) is 4.63. The van der Waals surface area contributed by atoms with Gasteiger partial charge in [0.2, 0.25) is 0 Å². The van der Waals surface area contributed by atoms with E-state index in [0.717, 1.165) is 18.8 Å². The van der Waals surface area contributed by atoms with Crippen LogP contribution >= 0.6 is 0 Å². The molecule has 0 saturated heterocycles. The second-order valence-corrected chi connectivity index (χ2v) is 6.05. The number of anilines is 1. The zero-order chi connectivity index (χ0) is 14.7. The van der Waals surface area contributed by atoms with Gasteiger partial charge in [0.05, 0.1) is 5.56 Å². The van der Waals surface area contributed by atoms with Crippen molar-refractivity contribution in [2.45, 2.75) is 39.5 Å². The second-order valence-electron chi connectivity index (χ2n) is 6.05. The average Bonchev–Trinajstić information content (AvgIpc) is 2.40. The zero-order valence-corrected chi connectivity index (χ0v) is 12.2. The Morgan fingerprint density at radius 2 is 2.20 bits per heavy atom. The van der Waals surface area contributed by atoms with Crippen LogP contribution in [0, 0.1) is 24.6 Å². The summed E-state index contributed by atoms with van der Waals surface area (Å²) in [6.07, 6.45) is 4.77. The average molecular weight is 278 g/mol. The largest absolute Gasteiger partial charge is 0.399 e. The summed E-state index contributed by atoms with van der Waals surface area (Å²) in [4.78, 5) is 12.1. The lowest BCUT2D eigenvalue weighted by Crippen LogP contribution is -2.32. The molecule has 2 atom stereocenters. The van der Waals surface area contributed by atoms with Gasteiger partial charge in [0.1, 0.15) is 5.82 Å². The molecule has 3 nitrogen and oxygen atoms in total. The number of benzene rings is 1. The molecule has 2 rings (SSSR count). The van der Waals surface area contributed by atoms with Gasteiger partial charge in [-0.05, 0) is 49.3 Å². The number of amides is 1. The summed E-state index contributed by atoms with van der Waals surface area (Å²) in [5, 5.41) is 2.85. The van der Waals surface area contributed by atoms with Crippen LogP contribution in [0.1, 0.15) is 48.5 Å². The first-order valence-electron chi connectivity index (χ1n) is 7.31. The summed E-state index contributed by atoms with van der Waals surface area (Å²) in [5.41, 5.74) is 6.55. The van der Waals surface area contributed by atoms with Crippen LogP contribution in [0.15, 0.2) is 12.1 Å². The first kappa shape index (κ1) is 14.8. The molecular formula is C16H23FN2O. The van der Waals surface area contributed by atoms with Crippen molar-refractivity contribution in [3.63, 3.8) is 0 Å². The minimum absolute atomic E-state index is 0.0476. The molecule has 4 heteroatoms. The van der Waals surface area contributed by atoms with Crippen LogP contribution in [-0.4, -0.2) is 12.5 Å². The number of nitrogen functional groups attached to an aromatic ring is 1. The molecule has 20 heavy (non-hydrogen) atoms. The summed E-state index contributed by atoms with van der Waals surface area (Å²) in [5.74, 6) is 0.384. The van der Waals surface area contributed by atoms with Crippen LogP contribution in [0.3, 0.4) is 0 Å². The molecule has 2 unspecified atom stereocenters. The monoisotopic (exact) mass is 278 g/mol. The molecule has 1 amide bonds. The molecule has 1 aromatic rings. The third-order valence-electron chi connectivity index (χ3n) is 4.12. The highest BCUT2D eigenvalue weighted by atomic mass is 19.1. The number of hydrogen-bond acceptors (Lipinski definition) is 2. The highest BCUT2D eigenvalue weighted by Crippen LogP contribution is 2.28. The van der Waals surface area contributed by atoms with Crippen molar-refractivity contribution in [1.29, 1.82) is 0 Å².